The number of hydrogen-bond acceptors (Lipinski definition) is 3. The quantitative estimate of drug-likeness (QED) is 0.772. The molecule has 3 nitrogen and oxygen atoms in total. The highest BCUT2D eigenvalue weighted by Crippen LogP contribution is 2.31. The van der Waals surface area contributed by atoms with E-state index in [0.717, 1.165) is 17.0 Å². The van der Waals surface area contributed by atoms with Crippen LogP contribution in [0.1, 0.15) is 12.5 Å². The van der Waals surface area contributed by atoms with Gasteiger partial charge in [-0.15, -0.1) is 0 Å². The predicted octanol–water partition coefficient (Wildman–Crippen LogP) is 1.62. The second-order valence-electron chi connectivity index (χ2n) is 3.49. The number of ether oxygens (including phenoxy) is 1. The molecule has 14 heavy (non-hydrogen) atoms. The molecule has 1 aliphatic heterocycles. The third-order valence-electron chi connectivity index (χ3n) is 2.48. The molecule has 0 aromatic heterocycles. The molecule has 0 aliphatic carbocycles. The Balaban J connectivity index is 2.27. The van der Waals surface area contributed by atoms with Crippen LogP contribution in [0.25, 0.3) is 0 Å². The third kappa shape index (κ3) is 1.45. The van der Waals surface area contributed by atoms with Gasteiger partial charge in [-0.1, -0.05) is 0 Å². The number of nitrogens with one attached hydrogen (secondary N) is 1. The van der Waals surface area contributed by atoms with Gasteiger partial charge in [0.1, 0.15) is 5.75 Å². The Morgan fingerprint density at radius 2 is 2.36 bits per heavy atom. The molecular weight excluding hydrogens is 178 g/mol. The minimum atomic E-state index is -0.280. The van der Waals surface area contributed by atoms with Gasteiger partial charge in [-0.2, -0.15) is 0 Å². The lowest BCUT2D eigenvalue weighted by molar-refractivity contribution is -0.122. The van der Waals surface area contributed by atoms with Gasteiger partial charge in [0.15, 0.2) is 11.9 Å². The lowest BCUT2D eigenvalue weighted by atomic mass is 10.1. The number of anilines is 1. The van der Waals surface area contributed by atoms with Crippen molar-refractivity contribution in [2.24, 2.45) is 0 Å². The zero-order chi connectivity index (χ0) is 10.1. The Labute approximate surface area is 83.1 Å². The van der Waals surface area contributed by atoms with Crippen molar-refractivity contribution in [3.63, 3.8) is 0 Å². The van der Waals surface area contributed by atoms with Gasteiger partial charge in [-0.3, -0.25) is 4.79 Å². The molecule has 2 rings (SSSR count). The molecule has 0 amide bonds. The van der Waals surface area contributed by atoms with Gasteiger partial charge in [0.05, 0.1) is 0 Å². The molecule has 0 unspecified atom stereocenters. The van der Waals surface area contributed by atoms with Gasteiger partial charge < -0.3 is 10.1 Å². The molecule has 3 heteroatoms. The fraction of sp³-hybridized carbons (Fsp3) is 0.364. The van der Waals surface area contributed by atoms with Crippen LogP contribution >= 0.6 is 0 Å². The first kappa shape index (κ1) is 9.06. The van der Waals surface area contributed by atoms with Gasteiger partial charge in [0, 0.05) is 24.7 Å². The van der Waals surface area contributed by atoms with Crippen LogP contribution in [-0.4, -0.2) is 18.9 Å². The van der Waals surface area contributed by atoms with Gasteiger partial charge in [0.25, 0.3) is 0 Å². The summed E-state index contributed by atoms with van der Waals surface area (Å²) >= 11 is 0. The molecule has 0 fully saturated rings. The molecule has 1 atom stereocenters. The smallest absolute Gasteiger partial charge is 0.170 e. The number of hydrogen-bond donors (Lipinski definition) is 1. The number of Topliss-reactive ketones (excluding diaryl/α,β-unsaturated/α-hetero) is 1. The maximum absolute atomic E-state index is 11.1. The van der Waals surface area contributed by atoms with E-state index in [2.05, 4.69) is 5.32 Å². The van der Waals surface area contributed by atoms with Crippen LogP contribution in [0.2, 0.25) is 0 Å². The first-order chi connectivity index (χ1) is 6.70. The van der Waals surface area contributed by atoms with E-state index < -0.39 is 0 Å². The van der Waals surface area contributed by atoms with E-state index in [9.17, 15) is 4.79 Å². The van der Waals surface area contributed by atoms with Crippen LogP contribution in [0.3, 0.4) is 0 Å². The lowest BCUT2D eigenvalue weighted by Crippen LogP contribution is -2.21. The van der Waals surface area contributed by atoms with Crippen molar-refractivity contribution in [2.45, 2.75) is 19.4 Å². The number of rotatable bonds is 2. The summed E-state index contributed by atoms with van der Waals surface area (Å²) in [6.07, 6.45) is 0.414. The first-order valence-electron chi connectivity index (χ1n) is 4.68. The van der Waals surface area contributed by atoms with Gasteiger partial charge >= 0.3 is 0 Å². The van der Waals surface area contributed by atoms with Crippen molar-refractivity contribution in [3.05, 3.63) is 23.8 Å². The molecule has 1 aromatic rings. The highest BCUT2D eigenvalue weighted by atomic mass is 16.5. The summed E-state index contributed by atoms with van der Waals surface area (Å²) in [6.45, 7) is 1.57. The fourth-order valence-electron chi connectivity index (χ4n) is 1.63. The van der Waals surface area contributed by atoms with Crippen LogP contribution in [0, 0.1) is 0 Å². The maximum atomic E-state index is 11.1. The van der Waals surface area contributed by atoms with Crippen LogP contribution < -0.4 is 10.1 Å². The minimum absolute atomic E-state index is 0.0900. The Morgan fingerprint density at radius 1 is 1.57 bits per heavy atom. The molecule has 0 saturated carbocycles. The van der Waals surface area contributed by atoms with E-state index in [1.165, 1.54) is 0 Å². The number of carbonyl (C=O) groups is 1. The van der Waals surface area contributed by atoms with E-state index in [0.29, 0.717) is 6.42 Å². The van der Waals surface area contributed by atoms with Crippen molar-refractivity contribution in [2.75, 3.05) is 12.4 Å². The van der Waals surface area contributed by atoms with E-state index >= 15 is 0 Å². The molecule has 0 bridgehead atoms. The summed E-state index contributed by atoms with van der Waals surface area (Å²) in [5.74, 6) is 0.927. The monoisotopic (exact) mass is 191 g/mol. The number of fused-ring (bicyclic) bond motifs is 1. The standard InChI is InChI=1S/C11H13NO2/c1-7(13)11-6-8-5-9(12-2)3-4-10(8)14-11/h3-5,11-12H,6H2,1-2H3/t11-/m0/s1. The average molecular weight is 191 g/mol. The van der Waals surface area contributed by atoms with E-state index in [1.807, 2.05) is 25.2 Å². The number of ketones is 1. The third-order valence-corrected chi connectivity index (χ3v) is 2.48. The fourth-order valence-corrected chi connectivity index (χ4v) is 1.63. The van der Waals surface area contributed by atoms with Crippen molar-refractivity contribution in [1.82, 2.24) is 0 Å². The highest BCUT2D eigenvalue weighted by Gasteiger charge is 2.26. The normalized spacial score (nSPS) is 18.6. The molecular formula is C11H13NO2. The van der Waals surface area contributed by atoms with Crippen molar-refractivity contribution in [1.29, 1.82) is 0 Å². The predicted molar refractivity (Wildman–Crippen MR) is 54.8 cm³/mol. The molecule has 0 spiro atoms. The van der Waals surface area contributed by atoms with Gasteiger partial charge in [0.2, 0.25) is 0 Å². The van der Waals surface area contributed by atoms with E-state index in [4.69, 9.17) is 4.74 Å². The Kier molecular flexibility index (Phi) is 2.15. The Morgan fingerprint density at radius 3 is 3.00 bits per heavy atom. The maximum Gasteiger partial charge on any atom is 0.170 e. The van der Waals surface area contributed by atoms with Crippen molar-refractivity contribution >= 4 is 11.5 Å². The zero-order valence-electron chi connectivity index (χ0n) is 8.33. The topological polar surface area (TPSA) is 38.3 Å². The first-order valence-corrected chi connectivity index (χ1v) is 4.68. The minimum Gasteiger partial charge on any atom is -0.482 e. The summed E-state index contributed by atoms with van der Waals surface area (Å²) < 4.78 is 5.49. The van der Waals surface area contributed by atoms with Crippen LogP contribution in [0.15, 0.2) is 18.2 Å². The summed E-state index contributed by atoms with van der Waals surface area (Å²) in [6, 6.07) is 5.88. The summed E-state index contributed by atoms with van der Waals surface area (Å²) in [4.78, 5) is 11.1. The summed E-state index contributed by atoms with van der Waals surface area (Å²) in [7, 11) is 1.87. The summed E-state index contributed by atoms with van der Waals surface area (Å²) in [5, 5.41) is 3.06. The largest absolute Gasteiger partial charge is 0.482 e. The molecule has 1 heterocycles. The number of benzene rings is 1. The van der Waals surface area contributed by atoms with Gasteiger partial charge in [-0.05, 0) is 25.1 Å². The molecule has 0 radical (unpaired) electrons. The number of carbonyl (C=O) groups excluding carboxylic acids is 1. The molecule has 1 N–H and O–H groups in total. The summed E-state index contributed by atoms with van der Waals surface area (Å²) in [5.41, 5.74) is 2.16. The SMILES string of the molecule is CNc1ccc2c(c1)C[C@@H](C(C)=O)O2. The molecule has 74 valence electrons. The van der Waals surface area contributed by atoms with Crippen LogP contribution in [0.5, 0.6) is 5.75 Å². The zero-order valence-corrected chi connectivity index (χ0v) is 8.33. The van der Waals surface area contributed by atoms with E-state index in [1.54, 1.807) is 6.92 Å². The second kappa shape index (κ2) is 3.33. The highest BCUT2D eigenvalue weighted by molar-refractivity contribution is 5.82. The van der Waals surface area contributed by atoms with Crippen molar-refractivity contribution in [3.8, 4) is 5.75 Å². The Bertz CT molecular complexity index is 374. The molecule has 1 aliphatic rings. The van der Waals surface area contributed by atoms with Gasteiger partial charge in [-0.25, -0.2) is 0 Å². The second-order valence-corrected chi connectivity index (χ2v) is 3.49. The van der Waals surface area contributed by atoms with E-state index in [-0.39, 0.29) is 11.9 Å². The molecule has 1 aromatic carbocycles. The Hall–Kier alpha value is -1.51. The molecule has 0 saturated heterocycles. The van der Waals surface area contributed by atoms with Crippen LogP contribution in [-0.2, 0) is 11.2 Å². The lowest BCUT2D eigenvalue weighted by Gasteiger charge is -2.05. The van der Waals surface area contributed by atoms with Crippen LogP contribution in [0.4, 0.5) is 5.69 Å². The van der Waals surface area contributed by atoms with Crippen molar-refractivity contribution < 1.29 is 9.53 Å². The average Bonchev–Trinajstić information content (AvgIpc) is 2.59.